The van der Waals surface area contributed by atoms with Gasteiger partial charge in [0.05, 0.1) is 25.2 Å². The van der Waals surface area contributed by atoms with Crippen LogP contribution in [0.15, 0.2) is 35.5 Å². The predicted molar refractivity (Wildman–Crippen MR) is 74.6 cm³/mol. The number of aryl methyl sites for hydroxylation is 1. The third-order valence-corrected chi connectivity index (χ3v) is 3.97. The summed E-state index contributed by atoms with van der Waals surface area (Å²) in [5.74, 6) is 0. The summed E-state index contributed by atoms with van der Waals surface area (Å²) < 4.78 is 29.5. The van der Waals surface area contributed by atoms with Crippen molar-refractivity contribution >= 4 is 21.5 Å². The summed E-state index contributed by atoms with van der Waals surface area (Å²) in [6.07, 6.45) is 7.28. The van der Waals surface area contributed by atoms with Gasteiger partial charge >= 0.3 is 0 Å². The van der Waals surface area contributed by atoms with E-state index in [1.54, 1.807) is 30.1 Å². The Kier molecular flexibility index (Phi) is 4.73. The molecule has 0 aliphatic heterocycles. The number of aromatic nitrogens is 2. The summed E-state index contributed by atoms with van der Waals surface area (Å²) >= 11 is 1.64. The molecule has 104 valence electrons. The Balaban J connectivity index is 1.97. The molecule has 1 unspecified atom stereocenters. The van der Waals surface area contributed by atoms with Gasteiger partial charge in [-0.15, -0.1) is 0 Å². The molecule has 5 nitrogen and oxygen atoms in total. The van der Waals surface area contributed by atoms with Crippen LogP contribution in [0.5, 0.6) is 0 Å². The van der Waals surface area contributed by atoms with Crippen molar-refractivity contribution in [2.75, 3.05) is 6.26 Å². The van der Waals surface area contributed by atoms with E-state index in [1.165, 1.54) is 5.56 Å². The maximum Gasteiger partial charge on any atom is 0.264 e. The van der Waals surface area contributed by atoms with E-state index in [4.69, 9.17) is 4.18 Å². The normalized spacial score (nSPS) is 13.5. The number of imidazole rings is 1. The molecule has 0 N–H and O–H groups in total. The van der Waals surface area contributed by atoms with Gasteiger partial charge < -0.3 is 4.57 Å². The molecule has 0 saturated carbocycles. The molecule has 1 atom stereocenters. The fourth-order valence-corrected chi connectivity index (χ4v) is 3.16. The molecule has 0 radical (unpaired) electrons. The second-order valence-corrected chi connectivity index (χ2v) is 6.73. The quantitative estimate of drug-likeness (QED) is 0.733. The minimum absolute atomic E-state index is 0.371. The van der Waals surface area contributed by atoms with Crippen molar-refractivity contribution in [3.8, 4) is 0 Å². The van der Waals surface area contributed by atoms with E-state index in [9.17, 15) is 8.42 Å². The summed E-state index contributed by atoms with van der Waals surface area (Å²) in [5.41, 5.74) is 1.21. The minimum atomic E-state index is -3.45. The van der Waals surface area contributed by atoms with Gasteiger partial charge in [0.2, 0.25) is 0 Å². The predicted octanol–water partition coefficient (Wildman–Crippen LogP) is 1.92. The summed E-state index contributed by atoms with van der Waals surface area (Å²) in [7, 11) is -3.45. The zero-order valence-electron chi connectivity index (χ0n) is 10.6. The maximum atomic E-state index is 11.3. The number of rotatable bonds is 7. The average Bonchev–Trinajstić information content (AvgIpc) is 2.96. The molecule has 19 heavy (non-hydrogen) atoms. The minimum Gasteiger partial charge on any atom is -0.335 e. The number of nitrogens with zero attached hydrogens (tertiary/aromatic N) is 2. The standard InChI is InChI=1S/C12H16N2O3S2/c1-19(15,16)17-12(8-14-6-5-13-10-14)3-2-11-4-7-18-9-11/h4-7,9-10,12H,2-3,8H2,1H3. The highest BCUT2D eigenvalue weighted by Gasteiger charge is 2.16. The van der Waals surface area contributed by atoms with E-state index >= 15 is 0 Å². The lowest BCUT2D eigenvalue weighted by Crippen LogP contribution is -2.23. The van der Waals surface area contributed by atoms with Crippen LogP contribution in [0.4, 0.5) is 0 Å². The molecule has 2 aromatic rings. The third kappa shape index (κ3) is 5.14. The first-order valence-corrected chi connectivity index (χ1v) is 8.64. The van der Waals surface area contributed by atoms with Crippen LogP contribution in [0, 0.1) is 0 Å². The second kappa shape index (κ2) is 6.31. The van der Waals surface area contributed by atoms with Gasteiger partial charge in [-0.25, -0.2) is 4.98 Å². The largest absolute Gasteiger partial charge is 0.335 e. The van der Waals surface area contributed by atoms with Gasteiger partial charge in [-0.05, 0) is 35.2 Å². The first kappa shape index (κ1) is 14.2. The fraction of sp³-hybridized carbons (Fsp3) is 0.417. The first-order chi connectivity index (χ1) is 9.03. The lowest BCUT2D eigenvalue weighted by atomic mass is 10.1. The fourth-order valence-electron chi connectivity index (χ4n) is 1.81. The van der Waals surface area contributed by atoms with Crippen LogP contribution in [0.1, 0.15) is 12.0 Å². The van der Waals surface area contributed by atoms with E-state index in [2.05, 4.69) is 10.4 Å². The monoisotopic (exact) mass is 300 g/mol. The van der Waals surface area contributed by atoms with Crippen molar-refractivity contribution in [1.82, 2.24) is 9.55 Å². The van der Waals surface area contributed by atoms with Crippen LogP contribution in [0.25, 0.3) is 0 Å². The molecule has 0 amide bonds. The smallest absolute Gasteiger partial charge is 0.264 e. The lowest BCUT2D eigenvalue weighted by molar-refractivity contribution is 0.180. The molecule has 0 aromatic carbocycles. The van der Waals surface area contributed by atoms with Gasteiger partial charge in [0.1, 0.15) is 0 Å². The Morgan fingerprint density at radius 1 is 1.53 bits per heavy atom. The van der Waals surface area contributed by atoms with Crippen molar-refractivity contribution in [2.45, 2.75) is 25.5 Å². The van der Waals surface area contributed by atoms with Crippen molar-refractivity contribution in [2.24, 2.45) is 0 Å². The lowest BCUT2D eigenvalue weighted by Gasteiger charge is -2.16. The number of thiophene rings is 1. The zero-order valence-corrected chi connectivity index (χ0v) is 12.2. The molecule has 0 spiro atoms. The molecule has 0 aliphatic carbocycles. The number of hydrogen-bond donors (Lipinski definition) is 0. The summed E-state index contributed by atoms with van der Waals surface area (Å²) in [5, 5.41) is 4.08. The van der Waals surface area contributed by atoms with Crippen molar-refractivity contribution in [1.29, 1.82) is 0 Å². The molecule has 0 saturated heterocycles. The molecular weight excluding hydrogens is 284 g/mol. The Morgan fingerprint density at radius 3 is 2.95 bits per heavy atom. The first-order valence-electron chi connectivity index (χ1n) is 5.88. The van der Waals surface area contributed by atoms with Gasteiger partial charge in [-0.3, -0.25) is 4.18 Å². The molecule has 2 rings (SSSR count). The van der Waals surface area contributed by atoms with Crippen LogP contribution in [-0.2, 0) is 27.3 Å². The second-order valence-electron chi connectivity index (χ2n) is 4.35. The highest BCUT2D eigenvalue weighted by atomic mass is 32.2. The highest BCUT2D eigenvalue weighted by Crippen LogP contribution is 2.13. The van der Waals surface area contributed by atoms with E-state index in [0.717, 1.165) is 12.7 Å². The van der Waals surface area contributed by atoms with E-state index in [0.29, 0.717) is 13.0 Å². The van der Waals surface area contributed by atoms with Crippen LogP contribution < -0.4 is 0 Å². The van der Waals surface area contributed by atoms with Crippen molar-refractivity contribution < 1.29 is 12.6 Å². The SMILES string of the molecule is CS(=O)(=O)OC(CCc1ccsc1)Cn1ccnc1. The van der Waals surface area contributed by atoms with Gasteiger partial charge in [0.25, 0.3) is 10.1 Å². The molecule has 7 heteroatoms. The van der Waals surface area contributed by atoms with Crippen molar-refractivity contribution in [3.63, 3.8) is 0 Å². The van der Waals surface area contributed by atoms with E-state index in [-0.39, 0.29) is 6.10 Å². The van der Waals surface area contributed by atoms with Crippen molar-refractivity contribution in [3.05, 3.63) is 41.1 Å². The molecule has 0 bridgehead atoms. The highest BCUT2D eigenvalue weighted by molar-refractivity contribution is 7.86. The van der Waals surface area contributed by atoms with Gasteiger partial charge in [0, 0.05) is 12.4 Å². The Bertz CT molecular complexity index is 577. The van der Waals surface area contributed by atoms with Gasteiger partial charge in [-0.2, -0.15) is 19.8 Å². The maximum absolute atomic E-state index is 11.3. The van der Waals surface area contributed by atoms with E-state index in [1.807, 2.05) is 16.0 Å². The Morgan fingerprint density at radius 2 is 2.37 bits per heavy atom. The van der Waals surface area contributed by atoms with Crippen LogP contribution in [0.2, 0.25) is 0 Å². The van der Waals surface area contributed by atoms with Gasteiger partial charge in [0.15, 0.2) is 0 Å². The van der Waals surface area contributed by atoms with E-state index < -0.39 is 10.1 Å². The zero-order chi connectivity index (χ0) is 13.7. The number of hydrogen-bond acceptors (Lipinski definition) is 5. The Labute approximate surface area is 117 Å². The topological polar surface area (TPSA) is 61.2 Å². The van der Waals surface area contributed by atoms with Crippen LogP contribution in [-0.4, -0.2) is 30.3 Å². The summed E-state index contributed by atoms with van der Waals surface area (Å²) in [6.45, 7) is 0.483. The molecular formula is C12H16N2O3S2. The van der Waals surface area contributed by atoms with Crippen LogP contribution >= 0.6 is 11.3 Å². The third-order valence-electron chi connectivity index (χ3n) is 2.62. The summed E-state index contributed by atoms with van der Waals surface area (Å²) in [4.78, 5) is 3.94. The average molecular weight is 300 g/mol. The Hall–Kier alpha value is -1.18. The van der Waals surface area contributed by atoms with Gasteiger partial charge in [-0.1, -0.05) is 0 Å². The summed E-state index contributed by atoms with van der Waals surface area (Å²) in [6, 6.07) is 2.04. The molecule has 0 fully saturated rings. The molecule has 0 aliphatic rings. The van der Waals surface area contributed by atoms with Crippen LogP contribution in [0.3, 0.4) is 0 Å². The molecule has 2 heterocycles. The molecule has 2 aromatic heterocycles.